The zero-order valence-electron chi connectivity index (χ0n) is 6.87. The number of rotatable bonds is 1. The average molecular weight is 185 g/mol. The fourth-order valence-electron chi connectivity index (χ4n) is 1.26. The summed E-state index contributed by atoms with van der Waals surface area (Å²) in [7, 11) is 0. The number of nitrogens with two attached hydrogens (primary N) is 1. The molecule has 2 heterocycles. The van der Waals surface area contributed by atoms with Gasteiger partial charge in [-0.1, -0.05) is 0 Å². The molecular weight excluding hydrogens is 176 g/mol. The van der Waals surface area contributed by atoms with E-state index in [1.807, 2.05) is 0 Å². The third-order valence-electron chi connectivity index (χ3n) is 1.94. The number of alkyl halides is 2. The van der Waals surface area contributed by atoms with Crippen molar-refractivity contribution in [1.29, 1.82) is 0 Å². The van der Waals surface area contributed by atoms with Gasteiger partial charge in [-0.15, -0.1) is 0 Å². The summed E-state index contributed by atoms with van der Waals surface area (Å²) in [4.78, 5) is 5.45. The molecule has 0 amide bonds. The summed E-state index contributed by atoms with van der Waals surface area (Å²) in [6, 6.07) is 3.30. The molecule has 0 spiro atoms. The minimum atomic E-state index is -2.55. The molecule has 1 aliphatic rings. The maximum atomic E-state index is 12.5. The van der Waals surface area contributed by atoms with Crippen molar-refractivity contribution in [2.75, 3.05) is 23.7 Å². The quantitative estimate of drug-likeness (QED) is 0.712. The molecule has 1 aromatic heterocycles. The molecule has 0 aliphatic carbocycles. The summed E-state index contributed by atoms with van der Waals surface area (Å²) in [5.74, 6) is -2.00. The molecule has 0 atom stereocenters. The Hall–Kier alpha value is -1.39. The molecule has 0 saturated carbocycles. The van der Waals surface area contributed by atoms with E-state index < -0.39 is 5.92 Å². The highest BCUT2D eigenvalue weighted by molar-refractivity contribution is 5.48. The zero-order valence-corrected chi connectivity index (χ0v) is 6.87. The van der Waals surface area contributed by atoms with Crippen molar-refractivity contribution in [2.45, 2.75) is 5.92 Å². The molecule has 1 aliphatic heterocycles. The number of hydrogen-bond donors (Lipinski definition) is 1. The fraction of sp³-hybridized carbons (Fsp3) is 0.375. The lowest BCUT2D eigenvalue weighted by Crippen LogP contribution is -2.56. The minimum absolute atomic E-state index is 0.246. The van der Waals surface area contributed by atoms with Crippen LogP contribution >= 0.6 is 0 Å². The molecule has 0 aromatic carbocycles. The fourth-order valence-corrected chi connectivity index (χ4v) is 1.26. The molecule has 5 heteroatoms. The van der Waals surface area contributed by atoms with Crippen LogP contribution in [0.1, 0.15) is 0 Å². The molecule has 0 radical (unpaired) electrons. The first-order chi connectivity index (χ1) is 6.07. The zero-order chi connectivity index (χ0) is 9.47. The lowest BCUT2D eigenvalue weighted by molar-refractivity contribution is -0.0266. The Kier molecular flexibility index (Phi) is 1.61. The molecular formula is C8H9F2N3. The molecule has 1 aromatic rings. The summed E-state index contributed by atoms with van der Waals surface area (Å²) >= 11 is 0. The molecule has 0 bridgehead atoms. The normalized spacial score (nSPS) is 19.7. The Morgan fingerprint density at radius 2 is 2.08 bits per heavy atom. The molecule has 1 fully saturated rings. The van der Waals surface area contributed by atoms with Crippen LogP contribution in [0.5, 0.6) is 0 Å². The van der Waals surface area contributed by atoms with Gasteiger partial charge in [-0.25, -0.2) is 13.8 Å². The first-order valence-corrected chi connectivity index (χ1v) is 3.91. The Labute approximate surface area is 74.2 Å². The van der Waals surface area contributed by atoms with Gasteiger partial charge in [0.25, 0.3) is 5.92 Å². The first kappa shape index (κ1) is 8.22. The molecule has 1 saturated heterocycles. The van der Waals surface area contributed by atoms with Gasteiger partial charge in [0.05, 0.1) is 25.0 Å². The lowest BCUT2D eigenvalue weighted by atomic mass is 10.1. The monoisotopic (exact) mass is 185 g/mol. The van der Waals surface area contributed by atoms with Crippen LogP contribution in [0.25, 0.3) is 0 Å². The Balaban J connectivity index is 2.08. The largest absolute Gasteiger partial charge is 0.397 e. The van der Waals surface area contributed by atoms with Gasteiger partial charge < -0.3 is 10.6 Å². The Morgan fingerprint density at radius 3 is 2.54 bits per heavy atom. The maximum absolute atomic E-state index is 12.5. The first-order valence-electron chi connectivity index (χ1n) is 3.91. The number of anilines is 2. The predicted molar refractivity (Wildman–Crippen MR) is 45.8 cm³/mol. The SMILES string of the molecule is Nc1ccc(N2CC(F)(F)C2)nc1. The van der Waals surface area contributed by atoms with Gasteiger partial charge >= 0.3 is 0 Å². The number of nitrogens with zero attached hydrogens (tertiary/aromatic N) is 2. The highest BCUT2D eigenvalue weighted by Gasteiger charge is 2.44. The van der Waals surface area contributed by atoms with Gasteiger partial charge in [0.1, 0.15) is 5.82 Å². The molecule has 3 nitrogen and oxygen atoms in total. The second-order valence-electron chi connectivity index (χ2n) is 3.16. The van der Waals surface area contributed by atoms with Crippen LogP contribution < -0.4 is 10.6 Å². The van der Waals surface area contributed by atoms with Gasteiger partial charge in [0, 0.05) is 0 Å². The third kappa shape index (κ3) is 1.54. The summed E-state index contributed by atoms with van der Waals surface area (Å²) in [5.41, 5.74) is 5.95. The van der Waals surface area contributed by atoms with E-state index in [-0.39, 0.29) is 13.1 Å². The number of hydrogen-bond acceptors (Lipinski definition) is 3. The van der Waals surface area contributed by atoms with Crippen molar-refractivity contribution >= 4 is 11.5 Å². The van der Waals surface area contributed by atoms with Gasteiger partial charge in [-0.05, 0) is 12.1 Å². The molecule has 0 unspecified atom stereocenters. The summed E-state index contributed by atoms with van der Waals surface area (Å²) in [6.07, 6.45) is 1.46. The van der Waals surface area contributed by atoms with Crippen molar-refractivity contribution in [2.24, 2.45) is 0 Å². The van der Waals surface area contributed by atoms with Crippen LogP contribution in [0.15, 0.2) is 18.3 Å². The molecule has 13 heavy (non-hydrogen) atoms. The summed E-state index contributed by atoms with van der Waals surface area (Å²) < 4.78 is 24.9. The van der Waals surface area contributed by atoms with Gasteiger partial charge in [-0.3, -0.25) is 0 Å². The third-order valence-corrected chi connectivity index (χ3v) is 1.94. The van der Waals surface area contributed by atoms with E-state index in [1.165, 1.54) is 11.1 Å². The maximum Gasteiger partial charge on any atom is 0.282 e. The van der Waals surface area contributed by atoms with E-state index in [4.69, 9.17) is 5.73 Å². The van der Waals surface area contributed by atoms with Crippen molar-refractivity contribution in [1.82, 2.24) is 4.98 Å². The van der Waals surface area contributed by atoms with E-state index in [0.717, 1.165) is 0 Å². The second kappa shape index (κ2) is 2.55. The van der Waals surface area contributed by atoms with Crippen molar-refractivity contribution in [3.8, 4) is 0 Å². The minimum Gasteiger partial charge on any atom is -0.397 e. The smallest absolute Gasteiger partial charge is 0.282 e. The van der Waals surface area contributed by atoms with E-state index in [2.05, 4.69) is 4.98 Å². The molecule has 2 N–H and O–H groups in total. The average Bonchev–Trinajstić information content (AvgIpc) is 2.01. The van der Waals surface area contributed by atoms with Gasteiger partial charge in [0.15, 0.2) is 0 Å². The van der Waals surface area contributed by atoms with Crippen molar-refractivity contribution in [3.63, 3.8) is 0 Å². The lowest BCUT2D eigenvalue weighted by Gasteiger charge is -2.39. The second-order valence-corrected chi connectivity index (χ2v) is 3.16. The Bertz CT molecular complexity index is 302. The highest BCUT2D eigenvalue weighted by Crippen LogP contribution is 2.30. The van der Waals surface area contributed by atoms with Crippen molar-refractivity contribution < 1.29 is 8.78 Å². The summed E-state index contributed by atoms with van der Waals surface area (Å²) in [6.45, 7) is -0.492. The van der Waals surface area contributed by atoms with E-state index in [9.17, 15) is 8.78 Å². The van der Waals surface area contributed by atoms with E-state index in [0.29, 0.717) is 11.5 Å². The van der Waals surface area contributed by atoms with E-state index >= 15 is 0 Å². The van der Waals surface area contributed by atoms with Gasteiger partial charge in [0.2, 0.25) is 0 Å². The predicted octanol–water partition coefficient (Wildman–Crippen LogP) is 1.12. The number of pyridine rings is 1. The van der Waals surface area contributed by atoms with Gasteiger partial charge in [-0.2, -0.15) is 0 Å². The number of aromatic nitrogens is 1. The number of halogens is 2. The molecule has 2 rings (SSSR count). The molecule has 70 valence electrons. The summed E-state index contributed by atoms with van der Waals surface area (Å²) in [5, 5.41) is 0. The highest BCUT2D eigenvalue weighted by atomic mass is 19.3. The standard InChI is InChI=1S/C8H9F2N3/c9-8(10)4-13(5-8)7-2-1-6(11)3-12-7/h1-3H,4-5,11H2. The topological polar surface area (TPSA) is 42.1 Å². The Morgan fingerprint density at radius 1 is 1.38 bits per heavy atom. The van der Waals surface area contributed by atoms with Crippen LogP contribution in [0.3, 0.4) is 0 Å². The van der Waals surface area contributed by atoms with Crippen molar-refractivity contribution in [3.05, 3.63) is 18.3 Å². The van der Waals surface area contributed by atoms with Crippen LogP contribution in [0, 0.1) is 0 Å². The van der Waals surface area contributed by atoms with Crippen LogP contribution in [0.2, 0.25) is 0 Å². The van der Waals surface area contributed by atoms with Crippen LogP contribution in [0.4, 0.5) is 20.3 Å². The van der Waals surface area contributed by atoms with E-state index in [1.54, 1.807) is 12.1 Å². The number of nitrogen functional groups attached to an aromatic ring is 1. The van der Waals surface area contributed by atoms with Crippen LogP contribution in [-0.2, 0) is 0 Å². The van der Waals surface area contributed by atoms with Crippen LogP contribution in [-0.4, -0.2) is 24.0 Å².